The van der Waals surface area contributed by atoms with Crippen LogP contribution in [0.5, 0.6) is 0 Å². The molecule has 24 heavy (non-hydrogen) atoms. The summed E-state index contributed by atoms with van der Waals surface area (Å²) in [5.74, 6) is -0.941. The van der Waals surface area contributed by atoms with Gasteiger partial charge >= 0.3 is 0 Å². The molecule has 0 radical (unpaired) electrons. The lowest BCUT2D eigenvalue weighted by atomic mass is 9.92. The van der Waals surface area contributed by atoms with Crippen LogP contribution in [-0.4, -0.2) is 22.8 Å². The molecule has 3 aliphatic rings. The summed E-state index contributed by atoms with van der Waals surface area (Å²) < 4.78 is 13.6. The van der Waals surface area contributed by atoms with Gasteiger partial charge in [-0.05, 0) is 43.2 Å². The normalized spacial score (nSPS) is 24.5. The minimum absolute atomic E-state index is 0.0140. The van der Waals surface area contributed by atoms with Crippen LogP contribution in [0, 0.1) is 5.82 Å². The van der Waals surface area contributed by atoms with Gasteiger partial charge in [-0.3, -0.25) is 9.59 Å². The Bertz CT molecular complexity index is 909. The molecule has 2 N–H and O–H groups in total. The van der Waals surface area contributed by atoms with Crippen molar-refractivity contribution >= 4 is 23.2 Å². The van der Waals surface area contributed by atoms with E-state index in [2.05, 4.69) is 10.6 Å². The second-order valence-corrected chi connectivity index (χ2v) is 6.43. The number of carbonyl (C=O) groups is 2. The molecule has 2 amide bonds. The Kier molecular flexibility index (Phi) is 2.45. The lowest BCUT2D eigenvalue weighted by molar-refractivity contribution is -0.125. The Morgan fingerprint density at radius 2 is 1.88 bits per heavy atom. The van der Waals surface area contributed by atoms with Gasteiger partial charge in [0.15, 0.2) is 0 Å². The molecule has 1 fully saturated rings. The largest absolute Gasteiger partial charge is 0.350 e. The van der Waals surface area contributed by atoms with E-state index in [0.717, 1.165) is 12.8 Å². The van der Waals surface area contributed by atoms with Gasteiger partial charge in [0, 0.05) is 17.3 Å². The van der Waals surface area contributed by atoms with Gasteiger partial charge in [0.05, 0.1) is 11.3 Å². The molecule has 2 aromatic carbocycles. The third-order valence-corrected chi connectivity index (χ3v) is 4.91. The zero-order chi connectivity index (χ0) is 16.5. The highest BCUT2D eigenvalue weighted by atomic mass is 19.1. The molecule has 2 aromatic rings. The zero-order valence-electron chi connectivity index (χ0n) is 12.7. The minimum atomic E-state index is -1.31. The molecular weight excluding hydrogens is 309 g/mol. The highest BCUT2D eigenvalue weighted by molar-refractivity contribution is 6.14. The van der Waals surface area contributed by atoms with E-state index in [4.69, 9.17) is 0 Å². The van der Waals surface area contributed by atoms with Crippen molar-refractivity contribution in [1.29, 1.82) is 0 Å². The maximum Gasteiger partial charge on any atom is 0.276 e. The predicted octanol–water partition coefficient (Wildman–Crippen LogP) is 2.66. The van der Waals surface area contributed by atoms with E-state index < -0.39 is 11.5 Å². The number of nitrogens with one attached hydrogen (secondary N) is 2. The number of para-hydroxylation sites is 1. The van der Waals surface area contributed by atoms with Crippen LogP contribution in [0.1, 0.15) is 28.8 Å². The molecule has 2 aliphatic heterocycles. The van der Waals surface area contributed by atoms with E-state index in [1.165, 1.54) is 12.1 Å². The third kappa shape index (κ3) is 1.57. The van der Waals surface area contributed by atoms with Crippen molar-refractivity contribution in [2.45, 2.75) is 24.5 Å². The first-order valence-corrected chi connectivity index (χ1v) is 7.93. The fraction of sp³-hybridized carbons (Fsp3) is 0.222. The van der Waals surface area contributed by atoms with E-state index in [-0.39, 0.29) is 17.9 Å². The molecule has 0 bridgehead atoms. The number of nitrogens with zero attached hydrogens (tertiary/aromatic N) is 1. The number of carbonyl (C=O) groups excluding carboxylic acids is 2. The van der Waals surface area contributed by atoms with Crippen molar-refractivity contribution in [3.63, 3.8) is 0 Å². The summed E-state index contributed by atoms with van der Waals surface area (Å²) >= 11 is 0. The summed E-state index contributed by atoms with van der Waals surface area (Å²) in [6.45, 7) is 0. The smallest absolute Gasteiger partial charge is 0.276 e. The van der Waals surface area contributed by atoms with Crippen molar-refractivity contribution in [3.8, 4) is 0 Å². The highest BCUT2D eigenvalue weighted by Crippen LogP contribution is 2.49. The van der Waals surface area contributed by atoms with E-state index in [1.807, 2.05) is 6.07 Å². The monoisotopic (exact) mass is 323 g/mol. The average Bonchev–Trinajstić information content (AvgIpc) is 3.35. The molecule has 2 heterocycles. The summed E-state index contributed by atoms with van der Waals surface area (Å²) in [6.07, 6.45) is 1.72. The number of halogens is 1. The van der Waals surface area contributed by atoms with Gasteiger partial charge in [-0.15, -0.1) is 0 Å². The van der Waals surface area contributed by atoms with Crippen LogP contribution in [0.4, 0.5) is 15.8 Å². The van der Waals surface area contributed by atoms with Gasteiger partial charge < -0.3 is 15.5 Å². The molecule has 6 heteroatoms. The standard InChI is InChI=1S/C18H14FN3O2/c19-10-5-8-13-15(9-10)20-17(24)18(13)21-14-4-2-1-3-12(14)16(23)22(18)11-6-7-11/h1-5,8-9,11,21H,6-7H2,(H,20,24)/t18-/m0/s1. The molecule has 1 aliphatic carbocycles. The molecule has 120 valence electrons. The van der Waals surface area contributed by atoms with E-state index in [1.54, 1.807) is 29.2 Å². The lowest BCUT2D eigenvalue weighted by Gasteiger charge is -2.44. The first-order valence-electron chi connectivity index (χ1n) is 7.93. The third-order valence-electron chi connectivity index (χ3n) is 4.91. The van der Waals surface area contributed by atoms with Crippen LogP contribution in [-0.2, 0) is 10.5 Å². The molecule has 1 atom stereocenters. The molecule has 0 saturated heterocycles. The quantitative estimate of drug-likeness (QED) is 0.848. The fourth-order valence-electron chi connectivity index (χ4n) is 3.72. The Morgan fingerprint density at radius 3 is 2.67 bits per heavy atom. The van der Waals surface area contributed by atoms with Gasteiger partial charge in [-0.25, -0.2) is 4.39 Å². The number of hydrogen-bond donors (Lipinski definition) is 2. The number of anilines is 2. The summed E-state index contributed by atoms with van der Waals surface area (Å²) in [5, 5.41) is 6.00. The molecule has 0 unspecified atom stereocenters. The lowest BCUT2D eigenvalue weighted by Crippen LogP contribution is -2.62. The molecule has 1 saturated carbocycles. The number of benzene rings is 2. The average molecular weight is 323 g/mol. The van der Waals surface area contributed by atoms with Gasteiger partial charge in [0.25, 0.3) is 11.8 Å². The summed E-state index contributed by atoms with van der Waals surface area (Å²) in [6, 6.07) is 11.4. The van der Waals surface area contributed by atoms with Gasteiger partial charge in [0.2, 0.25) is 5.66 Å². The topological polar surface area (TPSA) is 61.4 Å². The first-order chi connectivity index (χ1) is 11.6. The Hall–Kier alpha value is -2.89. The van der Waals surface area contributed by atoms with Crippen LogP contribution in [0.2, 0.25) is 0 Å². The fourth-order valence-corrected chi connectivity index (χ4v) is 3.72. The van der Waals surface area contributed by atoms with E-state index in [9.17, 15) is 14.0 Å². The second-order valence-electron chi connectivity index (χ2n) is 6.43. The number of rotatable bonds is 1. The van der Waals surface area contributed by atoms with Crippen LogP contribution >= 0.6 is 0 Å². The molecule has 0 aromatic heterocycles. The van der Waals surface area contributed by atoms with Gasteiger partial charge in [0.1, 0.15) is 5.82 Å². The summed E-state index contributed by atoms with van der Waals surface area (Å²) in [7, 11) is 0. The van der Waals surface area contributed by atoms with E-state index >= 15 is 0 Å². The van der Waals surface area contributed by atoms with Crippen molar-refractivity contribution < 1.29 is 14.0 Å². The zero-order valence-corrected chi connectivity index (χ0v) is 12.7. The van der Waals surface area contributed by atoms with Crippen LogP contribution in [0.3, 0.4) is 0 Å². The maximum atomic E-state index is 13.6. The maximum absolute atomic E-state index is 13.6. The number of fused-ring (bicyclic) bond motifs is 3. The SMILES string of the molecule is O=C1c2ccccc2N[C@]2(C(=O)Nc3cc(F)ccc32)N1C1CC1. The molecular formula is C18H14FN3O2. The Balaban J connectivity index is 1.78. The van der Waals surface area contributed by atoms with Crippen LogP contribution in [0.25, 0.3) is 0 Å². The van der Waals surface area contributed by atoms with E-state index in [0.29, 0.717) is 22.5 Å². The van der Waals surface area contributed by atoms with Crippen LogP contribution < -0.4 is 10.6 Å². The number of amides is 2. The summed E-state index contributed by atoms with van der Waals surface area (Å²) in [4.78, 5) is 27.7. The second kappa shape index (κ2) is 4.35. The van der Waals surface area contributed by atoms with Crippen molar-refractivity contribution in [1.82, 2.24) is 4.90 Å². The summed E-state index contributed by atoms with van der Waals surface area (Å²) in [5.41, 5.74) is 0.856. The molecule has 5 nitrogen and oxygen atoms in total. The highest BCUT2D eigenvalue weighted by Gasteiger charge is 2.59. The first kappa shape index (κ1) is 13.5. The van der Waals surface area contributed by atoms with Crippen LogP contribution in [0.15, 0.2) is 42.5 Å². The van der Waals surface area contributed by atoms with Crippen molar-refractivity contribution in [2.24, 2.45) is 0 Å². The van der Waals surface area contributed by atoms with Crippen molar-refractivity contribution in [3.05, 3.63) is 59.4 Å². The predicted molar refractivity (Wildman–Crippen MR) is 86.0 cm³/mol. The van der Waals surface area contributed by atoms with Gasteiger partial charge in [-0.1, -0.05) is 12.1 Å². The van der Waals surface area contributed by atoms with Crippen molar-refractivity contribution in [2.75, 3.05) is 10.6 Å². The molecule has 1 spiro atoms. The minimum Gasteiger partial charge on any atom is -0.350 e. The molecule has 5 rings (SSSR count). The number of hydrogen-bond acceptors (Lipinski definition) is 3. The Labute approximate surface area is 137 Å². The van der Waals surface area contributed by atoms with Gasteiger partial charge in [-0.2, -0.15) is 0 Å². The Morgan fingerprint density at radius 1 is 1.08 bits per heavy atom.